The van der Waals surface area contributed by atoms with E-state index in [2.05, 4.69) is 15.0 Å². The van der Waals surface area contributed by atoms with Gasteiger partial charge < -0.3 is 9.55 Å². The monoisotopic (exact) mass is 212 g/mol. The molecule has 0 fully saturated rings. The van der Waals surface area contributed by atoms with E-state index in [1.165, 1.54) is 0 Å². The minimum atomic E-state index is -0.636. The summed E-state index contributed by atoms with van der Waals surface area (Å²) in [5.41, 5.74) is 0.884. The van der Waals surface area contributed by atoms with Gasteiger partial charge in [0.05, 0.1) is 0 Å². The smallest absolute Gasteiger partial charge is 0.289 e. The van der Waals surface area contributed by atoms with Gasteiger partial charge in [0.25, 0.3) is 6.08 Å². The second-order valence-corrected chi connectivity index (χ2v) is 3.65. The molecule has 6 heteroatoms. The van der Waals surface area contributed by atoms with Gasteiger partial charge in [0.2, 0.25) is 4.77 Å². The summed E-state index contributed by atoms with van der Waals surface area (Å²) in [6.07, 6.45) is 1.09. The van der Waals surface area contributed by atoms with Crippen molar-refractivity contribution in [2.75, 3.05) is 0 Å². The number of imidazole rings is 1. The predicted molar refractivity (Wildman–Crippen MR) is 53.1 cm³/mol. The summed E-state index contributed by atoms with van der Waals surface area (Å²) in [6.45, 7) is 3.96. The van der Waals surface area contributed by atoms with E-state index in [0.717, 1.165) is 0 Å². The average molecular weight is 212 g/mol. The molecule has 0 saturated heterocycles. The maximum atomic E-state index is 12.7. The first kappa shape index (κ1) is 9.26. The van der Waals surface area contributed by atoms with Crippen LogP contribution in [0.3, 0.4) is 0 Å². The lowest BCUT2D eigenvalue weighted by molar-refractivity contribution is 0.555. The molecular weight excluding hydrogens is 203 g/mol. The number of fused-ring (bicyclic) bond motifs is 1. The van der Waals surface area contributed by atoms with E-state index < -0.39 is 6.08 Å². The molecule has 0 radical (unpaired) electrons. The topological polar surface area (TPSA) is 46.5 Å². The van der Waals surface area contributed by atoms with Gasteiger partial charge in [0.15, 0.2) is 5.65 Å². The van der Waals surface area contributed by atoms with Crippen LogP contribution in [-0.4, -0.2) is 19.5 Å². The molecule has 0 bridgehead atoms. The number of rotatable bonds is 1. The number of hydrogen-bond donors (Lipinski definition) is 1. The zero-order valence-electron chi connectivity index (χ0n) is 7.78. The third-order valence-electron chi connectivity index (χ3n) is 1.93. The Morgan fingerprint density at radius 2 is 2.21 bits per heavy atom. The van der Waals surface area contributed by atoms with Crippen molar-refractivity contribution in [2.24, 2.45) is 0 Å². The van der Waals surface area contributed by atoms with Crippen LogP contribution in [0, 0.1) is 10.8 Å². The van der Waals surface area contributed by atoms with Gasteiger partial charge in [-0.15, -0.1) is 0 Å². The summed E-state index contributed by atoms with van der Waals surface area (Å²) < 4.78 is 14.9. The van der Waals surface area contributed by atoms with Crippen molar-refractivity contribution < 1.29 is 4.39 Å². The molecule has 2 aromatic rings. The van der Waals surface area contributed by atoms with E-state index in [-0.39, 0.29) is 6.04 Å². The van der Waals surface area contributed by atoms with Gasteiger partial charge in [-0.3, -0.25) is 0 Å². The molecule has 0 aliphatic heterocycles. The summed E-state index contributed by atoms with van der Waals surface area (Å²) in [5.74, 6) is 0. The molecule has 0 amide bonds. The first-order valence-electron chi connectivity index (χ1n) is 4.22. The Hall–Kier alpha value is -1.30. The van der Waals surface area contributed by atoms with Crippen LogP contribution >= 0.6 is 12.2 Å². The van der Waals surface area contributed by atoms with Crippen LogP contribution in [0.25, 0.3) is 11.2 Å². The standard InChI is InChI=1S/C8H9FN4S/c1-4(2)13-3-5-6(12-8(13)14)11-7(9)10-5/h3-4H,1-2H3,(H,10,11,12,14). The quantitative estimate of drug-likeness (QED) is 0.582. The molecular formula is C8H9FN4S. The zero-order valence-corrected chi connectivity index (χ0v) is 8.60. The molecule has 0 atom stereocenters. The molecule has 2 rings (SSSR count). The lowest BCUT2D eigenvalue weighted by atomic mass is 10.4. The van der Waals surface area contributed by atoms with Crippen LogP contribution in [0.5, 0.6) is 0 Å². The molecule has 4 nitrogen and oxygen atoms in total. The van der Waals surface area contributed by atoms with Crippen molar-refractivity contribution in [1.29, 1.82) is 0 Å². The lowest BCUT2D eigenvalue weighted by Crippen LogP contribution is -2.04. The Morgan fingerprint density at radius 3 is 2.86 bits per heavy atom. The minimum Gasteiger partial charge on any atom is -0.319 e. The van der Waals surface area contributed by atoms with Crippen LogP contribution in [0.1, 0.15) is 19.9 Å². The van der Waals surface area contributed by atoms with Crippen LogP contribution in [0.2, 0.25) is 0 Å². The van der Waals surface area contributed by atoms with Gasteiger partial charge in [-0.25, -0.2) is 0 Å². The highest BCUT2D eigenvalue weighted by molar-refractivity contribution is 7.71. The summed E-state index contributed by atoms with van der Waals surface area (Å²) in [6, 6.07) is 0.200. The van der Waals surface area contributed by atoms with E-state index in [0.29, 0.717) is 15.9 Å². The number of aromatic nitrogens is 4. The molecule has 2 heterocycles. The highest BCUT2D eigenvalue weighted by Crippen LogP contribution is 2.11. The molecule has 0 unspecified atom stereocenters. The maximum absolute atomic E-state index is 12.7. The van der Waals surface area contributed by atoms with Crippen molar-refractivity contribution in [3.8, 4) is 0 Å². The molecule has 2 aromatic heterocycles. The van der Waals surface area contributed by atoms with Crippen molar-refractivity contribution in [1.82, 2.24) is 19.5 Å². The third kappa shape index (κ3) is 1.41. The first-order valence-corrected chi connectivity index (χ1v) is 4.63. The molecule has 0 aliphatic rings. The van der Waals surface area contributed by atoms with E-state index in [9.17, 15) is 4.39 Å². The van der Waals surface area contributed by atoms with Crippen molar-refractivity contribution in [3.63, 3.8) is 0 Å². The van der Waals surface area contributed by atoms with E-state index >= 15 is 0 Å². The zero-order chi connectivity index (χ0) is 10.3. The Kier molecular flexibility index (Phi) is 2.07. The summed E-state index contributed by atoms with van der Waals surface area (Å²) in [7, 11) is 0. The Bertz CT molecular complexity index is 528. The van der Waals surface area contributed by atoms with Crippen LogP contribution < -0.4 is 0 Å². The van der Waals surface area contributed by atoms with Gasteiger partial charge in [0, 0.05) is 12.2 Å². The number of nitrogens with one attached hydrogen (secondary N) is 1. The van der Waals surface area contributed by atoms with Crippen molar-refractivity contribution in [3.05, 3.63) is 17.0 Å². The van der Waals surface area contributed by atoms with Gasteiger partial charge in [-0.05, 0) is 26.1 Å². The number of nitrogens with zero attached hydrogens (tertiary/aromatic N) is 3. The summed E-state index contributed by atoms with van der Waals surface area (Å²) >= 11 is 5.04. The maximum Gasteiger partial charge on any atom is 0.289 e. The van der Waals surface area contributed by atoms with Crippen LogP contribution in [0.4, 0.5) is 4.39 Å². The highest BCUT2D eigenvalue weighted by atomic mass is 32.1. The Balaban J connectivity index is 2.76. The van der Waals surface area contributed by atoms with Crippen molar-refractivity contribution in [2.45, 2.75) is 19.9 Å². The molecule has 0 spiro atoms. The van der Waals surface area contributed by atoms with E-state index in [1.807, 2.05) is 13.8 Å². The fourth-order valence-electron chi connectivity index (χ4n) is 1.24. The third-order valence-corrected chi connectivity index (χ3v) is 2.23. The van der Waals surface area contributed by atoms with Gasteiger partial charge in [-0.2, -0.15) is 14.4 Å². The van der Waals surface area contributed by atoms with Crippen LogP contribution in [-0.2, 0) is 0 Å². The normalized spacial score (nSPS) is 11.4. The second kappa shape index (κ2) is 3.13. The lowest BCUT2D eigenvalue weighted by Gasteiger charge is -2.08. The molecule has 0 aromatic carbocycles. The summed E-state index contributed by atoms with van der Waals surface area (Å²) in [4.78, 5) is 10.0. The van der Waals surface area contributed by atoms with Gasteiger partial charge in [-0.1, -0.05) is 0 Å². The first-order chi connectivity index (χ1) is 6.58. The molecule has 74 valence electrons. The predicted octanol–water partition coefficient (Wildman–Crippen LogP) is 2.21. The fourth-order valence-corrected chi connectivity index (χ4v) is 1.59. The second-order valence-electron chi connectivity index (χ2n) is 3.29. The minimum absolute atomic E-state index is 0.200. The van der Waals surface area contributed by atoms with Gasteiger partial charge >= 0.3 is 0 Å². The molecule has 14 heavy (non-hydrogen) atoms. The highest BCUT2D eigenvalue weighted by Gasteiger charge is 2.06. The van der Waals surface area contributed by atoms with E-state index in [4.69, 9.17) is 12.2 Å². The largest absolute Gasteiger partial charge is 0.319 e. The number of aromatic amines is 1. The Morgan fingerprint density at radius 1 is 1.50 bits per heavy atom. The Labute approximate surface area is 84.8 Å². The summed E-state index contributed by atoms with van der Waals surface area (Å²) in [5, 5.41) is 0. The fraction of sp³-hybridized carbons (Fsp3) is 0.375. The number of H-pyrrole nitrogens is 1. The van der Waals surface area contributed by atoms with Gasteiger partial charge in [0.1, 0.15) is 5.52 Å². The van der Waals surface area contributed by atoms with E-state index in [1.54, 1.807) is 10.8 Å². The molecule has 0 aliphatic carbocycles. The molecule has 1 N–H and O–H groups in total. The van der Waals surface area contributed by atoms with Crippen LogP contribution in [0.15, 0.2) is 6.20 Å². The molecule has 0 saturated carbocycles. The number of hydrogen-bond acceptors (Lipinski definition) is 3. The average Bonchev–Trinajstić information content (AvgIpc) is 2.42. The van der Waals surface area contributed by atoms with Crippen molar-refractivity contribution >= 4 is 23.4 Å². The number of halogens is 1. The SMILES string of the molecule is CC(C)n1cc2[nH]c(F)nc2nc1=S.